The number of amides is 1. The zero-order chi connectivity index (χ0) is 14.9. The van der Waals surface area contributed by atoms with E-state index in [1.807, 2.05) is 17.5 Å². The number of thiophene rings is 1. The van der Waals surface area contributed by atoms with Crippen molar-refractivity contribution < 1.29 is 4.79 Å². The number of nitrogens with zero attached hydrogens (tertiary/aromatic N) is 2. The molecule has 0 radical (unpaired) electrons. The van der Waals surface area contributed by atoms with Gasteiger partial charge in [0.15, 0.2) is 5.13 Å². The smallest absolute Gasteiger partial charge is 0.269 e. The first-order chi connectivity index (χ1) is 10.8. The summed E-state index contributed by atoms with van der Waals surface area (Å²) in [5.74, 6) is -0.119. The van der Waals surface area contributed by atoms with E-state index in [0.717, 1.165) is 28.4 Å². The molecule has 7 heteroatoms. The number of fused-ring (bicyclic) bond motifs is 1. The van der Waals surface area contributed by atoms with Crippen LogP contribution in [0.3, 0.4) is 0 Å². The van der Waals surface area contributed by atoms with Crippen molar-refractivity contribution in [2.75, 3.05) is 5.32 Å². The second-order valence-corrected chi connectivity index (χ2v) is 8.12. The van der Waals surface area contributed by atoms with Crippen molar-refractivity contribution >= 4 is 45.0 Å². The lowest BCUT2D eigenvalue weighted by molar-refractivity contribution is 0.103. The molecule has 22 heavy (non-hydrogen) atoms. The van der Waals surface area contributed by atoms with Crippen molar-refractivity contribution in [1.82, 2.24) is 9.97 Å². The highest BCUT2D eigenvalue weighted by atomic mass is 32.1. The third-order valence-electron chi connectivity index (χ3n) is 3.53. The first-order valence-electron chi connectivity index (χ1n) is 7.09. The van der Waals surface area contributed by atoms with E-state index in [2.05, 4.69) is 15.3 Å². The van der Waals surface area contributed by atoms with Crippen molar-refractivity contribution in [3.8, 4) is 9.88 Å². The van der Waals surface area contributed by atoms with Crippen LogP contribution in [0.25, 0.3) is 9.88 Å². The van der Waals surface area contributed by atoms with Gasteiger partial charge in [0.25, 0.3) is 5.91 Å². The van der Waals surface area contributed by atoms with Crippen molar-refractivity contribution in [3.05, 3.63) is 39.2 Å². The SMILES string of the molecule is O=C(Nc1nc2c(s1)CCCC2)c1cnc(-c2cccs2)s1. The van der Waals surface area contributed by atoms with Gasteiger partial charge in [0.2, 0.25) is 0 Å². The lowest BCUT2D eigenvalue weighted by atomic mass is 10.0. The summed E-state index contributed by atoms with van der Waals surface area (Å²) in [6, 6.07) is 4.00. The highest BCUT2D eigenvalue weighted by Gasteiger charge is 2.18. The van der Waals surface area contributed by atoms with E-state index < -0.39 is 0 Å². The van der Waals surface area contributed by atoms with E-state index >= 15 is 0 Å². The van der Waals surface area contributed by atoms with Gasteiger partial charge < -0.3 is 0 Å². The summed E-state index contributed by atoms with van der Waals surface area (Å²) in [7, 11) is 0. The van der Waals surface area contributed by atoms with Crippen LogP contribution in [0.2, 0.25) is 0 Å². The van der Waals surface area contributed by atoms with Gasteiger partial charge >= 0.3 is 0 Å². The number of aryl methyl sites for hydroxylation is 2. The van der Waals surface area contributed by atoms with E-state index in [9.17, 15) is 4.79 Å². The quantitative estimate of drug-likeness (QED) is 0.761. The third-order valence-corrected chi connectivity index (χ3v) is 6.64. The molecule has 0 bridgehead atoms. The standard InChI is InChI=1S/C15H13N3OS3/c19-13(12-8-16-14(21-12)11-6-3-7-20-11)18-15-17-9-4-1-2-5-10(9)22-15/h3,6-8H,1-2,4-5H2,(H,17,18,19). The van der Waals surface area contributed by atoms with Crippen LogP contribution in [0.5, 0.6) is 0 Å². The fraction of sp³-hybridized carbons (Fsp3) is 0.267. The van der Waals surface area contributed by atoms with E-state index in [-0.39, 0.29) is 5.91 Å². The Morgan fingerprint density at radius 1 is 1.23 bits per heavy atom. The molecule has 1 amide bonds. The number of rotatable bonds is 3. The summed E-state index contributed by atoms with van der Waals surface area (Å²) in [5, 5.41) is 6.53. The summed E-state index contributed by atoms with van der Waals surface area (Å²) < 4.78 is 0. The van der Waals surface area contributed by atoms with Crippen LogP contribution in [0.4, 0.5) is 5.13 Å². The van der Waals surface area contributed by atoms with Gasteiger partial charge in [-0.25, -0.2) is 9.97 Å². The summed E-state index contributed by atoms with van der Waals surface area (Å²) >= 11 is 4.65. The average molecular weight is 347 g/mol. The first kappa shape index (κ1) is 14.0. The maximum Gasteiger partial charge on any atom is 0.269 e. The number of thiazole rings is 2. The molecule has 4 nitrogen and oxygen atoms in total. The van der Waals surface area contributed by atoms with Crippen LogP contribution in [0.1, 0.15) is 33.1 Å². The molecule has 4 rings (SSSR count). The van der Waals surface area contributed by atoms with Gasteiger partial charge in [-0.1, -0.05) is 6.07 Å². The van der Waals surface area contributed by atoms with Crippen molar-refractivity contribution in [2.45, 2.75) is 25.7 Å². The molecule has 0 fully saturated rings. The highest BCUT2D eigenvalue weighted by Crippen LogP contribution is 2.31. The van der Waals surface area contributed by atoms with Crippen LogP contribution < -0.4 is 5.32 Å². The molecule has 1 aliphatic rings. The molecule has 0 saturated carbocycles. The van der Waals surface area contributed by atoms with Crippen LogP contribution >= 0.6 is 34.0 Å². The lowest BCUT2D eigenvalue weighted by Crippen LogP contribution is -2.09. The number of hydrogen-bond donors (Lipinski definition) is 1. The molecular formula is C15H13N3OS3. The maximum atomic E-state index is 12.3. The molecule has 3 heterocycles. The third kappa shape index (κ3) is 2.71. The monoisotopic (exact) mass is 347 g/mol. The van der Waals surface area contributed by atoms with E-state index in [1.165, 1.54) is 29.1 Å². The van der Waals surface area contributed by atoms with Crippen LogP contribution in [0, 0.1) is 0 Å². The fourth-order valence-electron chi connectivity index (χ4n) is 2.46. The van der Waals surface area contributed by atoms with Crippen molar-refractivity contribution in [1.29, 1.82) is 0 Å². The van der Waals surface area contributed by atoms with Crippen LogP contribution in [0.15, 0.2) is 23.7 Å². The summed E-state index contributed by atoms with van der Waals surface area (Å²) in [6.45, 7) is 0. The van der Waals surface area contributed by atoms with Crippen molar-refractivity contribution in [2.24, 2.45) is 0 Å². The molecule has 3 aromatic heterocycles. The molecule has 3 aromatic rings. The van der Waals surface area contributed by atoms with E-state index in [1.54, 1.807) is 28.9 Å². The summed E-state index contributed by atoms with van der Waals surface area (Å²) in [6.07, 6.45) is 6.18. The lowest BCUT2D eigenvalue weighted by Gasteiger charge is -2.06. The Morgan fingerprint density at radius 2 is 2.14 bits per heavy atom. The van der Waals surface area contributed by atoms with Gasteiger partial charge in [-0.05, 0) is 37.1 Å². The van der Waals surface area contributed by atoms with Crippen LogP contribution in [-0.4, -0.2) is 15.9 Å². The Hall–Kier alpha value is -1.57. The molecule has 1 N–H and O–H groups in total. The average Bonchev–Trinajstić information content (AvgIpc) is 3.26. The number of carbonyl (C=O) groups excluding carboxylic acids is 1. The normalized spacial score (nSPS) is 13.8. The summed E-state index contributed by atoms with van der Waals surface area (Å²) in [4.78, 5) is 24.3. The van der Waals surface area contributed by atoms with Crippen LogP contribution in [-0.2, 0) is 12.8 Å². The topological polar surface area (TPSA) is 54.9 Å². The fourth-order valence-corrected chi connectivity index (χ4v) is 5.12. The molecule has 112 valence electrons. The van der Waals surface area contributed by atoms with Gasteiger partial charge in [-0.15, -0.1) is 34.0 Å². The van der Waals surface area contributed by atoms with E-state index in [4.69, 9.17) is 0 Å². The minimum Gasteiger partial charge on any atom is -0.297 e. The largest absolute Gasteiger partial charge is 0.297 e. The predicted molar refractivity (Wildman–Crippen MR) is 92.1 cm³/mol. The minimum absolute atomic E-state index is 0.119. The predicted octanol–water partition coefficient (Wildman–Crippen LogP) is 4.46. The number of anilines is 1. The molecule has 0 aliphatic heterocycles. The molecule has 0 saturated heterocycles. The number of hydrogen-bond acceptors (Lipinski definition) is 6. The highest BCUT2D eigenvalue weighted by molar-refractivity contribution is 7.22. The minimum atomic E-state index is -0.119. The Bertz CT molecular complexity index is 780. The number of aromatic nitrogens is 2. The Morgan fingerprint density at radius 3 is 2.95 bits per heavy atom. The summed E-state index contributed by atoms with van der Waals surface area (Å²) in [5.41, 5.74) is 1.16. The molecule has 0 spiro atoms. The zero-order valence-electron chi connectivity index (χ0n) is 11.7. The number of carbonyl (C=O) groups is 1. The van der Waals surface area contributed by atoms with Gasteiger partial charge in [0.05, 0.1) is 16.8 Å². The maximum absolute atomic E-state index is 12.3. The van der Waals surface area contributed by atoms with Gasteiger partial charge in [-0.2, -0.15) is 0 Å². The van der Waals surface area contributed by atoms with Gasteiger partial charge in [0, 0.05) is 4.88 Å². The number of nitrogens with one attached hydrogen (secondary N) is 1. The first-order valence-corrected chi connectivity index (χ1v) is 9.60. The molecule has 0 aromatic carbocycles. The Balaban J connectivity index is 1.51. The molecule has 0 unspecified atom stereocenters. The zero-order valence-corrected chi connectivity index (χ0v) is 14.1. The molecule has 0 atom stereocenters. The molecule has 1 aliphatic carbocycles. The van der Waals surface area contributed by atoms with Crippen molar-refractivity contribution in [3.63, 3.8) is 0 Å². The second-order valence-electron chi connectivity index (χ2n) is 5.06. The Labute approximate surface area is 139 Å². The van der Waals surface area contributed by atoms with E-state index in [0.29, 0.717) is 10.0 Å². The Kier molecular flexibility index (Phi) is 3.77. The van der Waals surface area contributed by atoms with Gasteiger partial charge in [-0.3, -0.25) is 10.1 Å². The van der Waals surface area contributed by atoms with Gasteiger partial charge in [0.1, 0.15) is 9.88 Å². The second kappa shape index (κ2) is 5.91. The molecular weight excluding hydrogens is 334 g/mol.